The predicted octanol–water partition coefficient (Wildman–Crippen LogP) is 5.41. The number of hydrogen-bond donors (Lipinski definition) is 2. The highest BCUT2D eigenvalue weighted by Crippen LogP contribution is 2.40. The molecule has 3 atom stereocenters. The Morgan fingerprint density at radius 1 is 1.26 bits per heavy atom. The molecule has 1 fully saturated rings. The molecule has 0 aliphatic carbocycles. The minimum Gasteiger partial charge on any atom is -0.445 e. The molecule has 2 heterocycles. The summed E-state index contributed by atoms with van der Waals surface area (Å²) in [4.78, 5) is 11.9. The summed E-state index contributed by atoms with van der Waals surface area (Å²) >= 11 is 3.18. The van der Waals surface area contributed by atoms with Crippen molar-refractivity contribution in [2.75, 3.05) is 17.7 Å². The number of thioether (sulfide) groups is 1. The van der Waals surface area contributed by atoms with Crippen molar-refractivity contribution < 1.29 is 24.1 Å². The summed E-state index contributed by atoms with van der Waals surface area (Å²) in [5.41, 5.74) is 3.22. The van der Waals surface area contributed by atoms with Gasteiger partial charge in [-0.25, -0.2) is 4.79 Å². The fourth-order valence-electron chi connectivity index (χ4n) is 3.58. The van der Waals surface area contributed by atoms with Crippen LogP contribution in [0.3, 0.4) is 0 Å². The van der Waals surface area contributed by atoms with Crippen molar-refractivity contribution in [2.24, 2.45) is 0 Å². The lowest BCUT2D eigenvalue weighted by atomic mass is 10.0. The number of aryl methyl sites for hydroxylation is 1. The van der Waals surface area contributed by atoms with Gasteiger partial charge < -0.3 is 19.3 Å². The highest BCUT2D eigenvalue weighted by Gasteiger charge is 2.32. The van der Waals surface area contributed by atoms with Crippen LogP contribution in [0.2, 0.25) is 0 Å². The number of aliphatic hydroxyl groups excluding tert-OH is 1. The van der Waals surface area contributed by atoms with Crippen molar-refractivity contribution >= 4 is 34.9 Å². The standard InChI is InChI=1S/C25H27N3O5S2/c1-3-11-31-24(30)26-20-6-4-5-19(12-20)23-32-21(15-34-25-28-27-16(2)35-25)13-22(33-23)18-9-7-17(14-29)8-10-18/h3-10,12,21-23,29H,1,11,13-15H2,2H3,(H,26,30)/t21-,22+,23+/m0/s1. The third-order valence-electron chi connectivity index (χ3n) is 5.25. The van der Waals surface area contributed by atoms with Crippen molar-refractivity contribution in [2.45, 2.75) is 42.8 Å². The Morgan fingerprint density at radius 2 is 2.09 bits per heavy atom. The Morgan fingerprint density at radius 3 is 2.80 bits per heavy atom. The Kier molecular flexibility index (Phi) is 8.89. The van der Waals surface area contributed by atoms with E-state index in [9.17, 15) is 9.90 Å². The fourth-order valence-corrected chi connectivity index (χ4v) is 5.43. The first-order chi connectivity index (χ1) is 17.0. The number of hydrogen-bond acceptors (Lipinski definition) is 9. The van der Waals surface area contributed by atoms with E-state index >= 15 is 0 Å². The number of nitrogens with one attached hydrogen (secondary N) is 1. The van der Waals surface area contributed by atoms with Crippen LogP contribution in [0.5, 0.6) is 0 Å². The first-order valence-electron chi connectivity index (χ1n) is 11.1. The van der Waals surface area contributed by atoms with Crippen molar-refractivity contribution in [1.82, 2.24) is 10.2 Å². The molecule has 8 nitrogen and oxygen atoms in total. The van der Waals surface area contributed by atoms with E-state index in [0.717, 1.165) is 26.0 Å². The molecule has 2 aromatic carbocycles. The normalized spacial score (nSPS) is 19.8. The SMILES string of the molecule is C=CCOC(=O)Nc1cccc([C@@H]2O[C@H](CSc3nnc(C)s3)C[C@H](c3ccc(CO)cc3)O2)c1. The average molecular weight is 514 g/mol. The van der Waals surface area contributed by atoms with Gasteiger partial charge in [0.25, 0.3) is 0 Å². The molecule has 10 heteroatoms. The second kappa shape index (κ2) is 12.3. The molecule has 0 saturated carbocycles. The number of aliphatic hydroxyl groups is 1. The summed E-state index contributed by atoms with van der Waals surface area (Å²) in [7, 11) is 0. The van der Waals surface area contributed by atoms with Crippen molar-refractivity contribution in [1.29, 1.82) is 0 Å². The zero-order valence-corrected chi connectivity index (χ0v) is 20.9. The molecule has 1 amide bonds. The first-order valence-corrected chi connectivity index (χ1v) is 12.9. The van der Waals surface area contributed by atoms with E-state index in [1.807, 2.05) is 49.4 Å². The quantitative estimate of drug-likeness (QED) is 0.289. The van der Waals surface area contributed by atoms with Crippen LogP contribution in [0.1, 0.15) is 40.5 Å². The Hall–Kier alpha value is -2.76. The summed E-state index contributed by atoms with van der Waals surface area (Å²) < 4.78 is 18.6. The van der Waals surface area contributed by atoms with E-state index in [4.69, 9.17) is 14.2 Å². The molecule has 3 aromatic rings. The molecule has 2 N–H and O–H groups in total. The summed E-state index contributed by atoms with van der Waals surface area (Å²) in [6.45, 7) is 5.60. The topological polar surface area (TPSA) is 103 Å². The second-order valence-corrected chi connectivity index (χ2v) is 10.3. The smallest absolute Gasteiger partial charge is 0.411 e. The van der Waals surface area contributed by atoms with Gasteiger partial charge in [0.2, 0.25) is 0 Å². The van der Waals surface area contributed by atoms with E-state index in [0.29, 0.717) is 17.9 Å². The van der Waals surface area contributed by atoms with Crippen molar-refractivity contribution in [3.8, 4) is 0 Å². The van der Waals surface area contributed by atoms with Gasteiger partial charge in [0.1, 0.15) is 11.6 Å². The number of anilines is 1. The summed E-state index contributed by atoms with van der Waals surface area (Å²) in [5, 5.41) is 21.3. The maximum absolute atomic E-state index is 11.9. The van der Waals surface area contributed by atoms with Gasteiger partial charge in [-0.1, -0.05) is 72.2 Å². The molecule has 35 heavy (non-hydrogen) atoms. The molecule has 1 aliphatic heterocycles. The van der Waals surface area contributed by atoms with Crippen molar-refractivity contribution in [3.05, 3.63) is 82.9 Å². The molecular weight excluding hydrogens is 486 g/mol. The minimum absolute atomic E-state index is 0.00685. The van der Waals surface area contributed by atoms with Crippen molar-refractivity contribution in [3.63, 3.8) is 0 Å². The van der Waals surface area contributed by atoms with E-state index < -0.39 is 12.4 Å². The highest BCUT2D eigenvalue weighted by molar-refractivity contribution is 8.01. The number of amides is 1. The number of aromatic nitrogens is 2. The molecule has 0 spiro atoms. The zero-order chi connectivity index (χ0) is 24.6. The first kappa shape index (κ1) is 25.3. The number of benzene rings is 2. The van der Waals surface area contributed by atoms with Crippen LogP contribution in [0.15, 0.2) is 65.5 Å². The maximum Gasteiger partial charge on any atom is 0.411 e. The second-order valence-electron chi connectivity index (χ2n) is 7.89. The predicted molar refractivity (Wildman–Crippen MR) is 135 cm³/mol. The maximum atomic E-state index is 11.9. The average Bonchev–Trinajstić information content (AvgIpc) is 3.31. The van der Waals surface area contributed by atoms with Gasteiger partial charge in [-0.3, -0.25) is 5.32 Å². The summed E-state index contributed by atoms with van der Waals surface area (Å²) in [5.74, 6) is 0.700. The van der Waals surface area contributed by atoms with Gasteiger partial charge in [0, 0.05) is 23.4 Å². The lowest BCUT2D eigenvalue weighted by molar-refractivity contribution is -0.245. The van der Waals surface area contributed by atoms with E-state index in [1.54, 1.807) is 29.2 Å². The molecule has 1 aromatic heterocycles. The van der Waals surface area contributed by atoms with E-state index in [1.165, 1.54) is 6.08 Å². The number of carbonyl (C=O) groups excluding carboxylic acids is 1. The van der Waals surface area contributed by atoms with Crippen LogP contribution in [-0.4, -0.2) is 39.9 Å². The Bertz CT molecular complexity index is 1140. The Labute approximate surface area is 212 Å². The molecular formula is C25H27N3O5S2. The monoisotopic (exact) mass is 513 g/mol. The lowest BCUT2D eigenvalue weighted by Crippen LogP contribution is -2.31. The number of rotatable bonds is 9. The molecule has 0 unspecified atom stereocenters. The third-order valence-corrected chi connectivity index (χ3v) is 7.36. The van der Waals surface area contributed by atoms with E-state index in [2.05, 4.69) is 22.1 Å². The largest absolute Gasteiger partial charge is 0.445 e. The number of carbonyl (C=O) groups is 1. The summed E-state index contributed by atoms with van der Waals surface area (Å²) in [6, 6.07) is 15.1. The van der Waals surface area contributed by atoms with Gasteiger partial charge >= 0.3 is 6.09 Å². The minimum atomic E-state index is -0.626. The van der Waals surface area contributed by atoms with Crippen LogP contribution < -0.4 is 5.32 Å². The summed E-state index contributed by atoms with van der Waals surface area (Å²) in [6.07, 6.45) is 0.701. The number of ether oxygens (including phenoxy) is 3. The number of nitrogens with zero attached hydrogens (tertiary/aromatic N) is 2. The van der Waals surface area contributed by atoms with Crippen LogP contribution >= 0.6 is 23.1 Å². The van der Waals surface area contributed by atoms with Crippen LogP contribution in [0, 0.1) is 6.92 Å². The van der Waals surface area contributed by atoms with Gasteiger partial charge in [0.05, 0.1) is 18.8 Å². The highest BCUT2D eigenvalue weighted by atomic mass is 32.2. The Balaban J connectivity index is 1.51. The zero-order valence-electron chi connectivity index (χ0n) is 19.3. The van der Waals surface area contributed by atoms with Gasteiger partial charge in [0.15, 0.2) is 10.6 Å². The van der Waals surface area contributed by atoms with Crippen LogP contribution in [-0.2, 0) is 20.8 Å². The molecule has 1 aliphatic rings. The van der Waals surface area contributed by atoms with Gasteiger partial charge in [-0.05, 0) is 30.2 Å². The molecule has 0 radical (unpaired) electrons. The molecule has 4 rings (SSSR count). The van der Waals surface area contributed by atoms with E-state index in [-0.39, 0.29) is 25.4 Å². The third kappa shape index (κ3) is 7.12. The molecule has 0 bridgehead atoms. The van der Waals surface area contributed by atoms with Crippen LogP contribution in [0.25, 0.3) is 0 Å². The lowest BCUT2D eigenvalue weighted by Gasteiger charge is -2.36. The van der Waals surface area contributed by atoms with Gasteiger partial charge in [-0.2, -0.15) is 0 Å². The van der Waals surface area contributed by atoms with Gasteiger partial charge in [-0.15, -0.1) is 10.2 Å². The molecule has 1 saturated heterocycles. The fraction of sp³-hybridized carbons (Fsp3) is 0.320. The molecule has 184 valence electrons. The van der Waals surface area contributed by atoms with Crippen LogP contribution in [0.4, 0.5) is 10.5 Å².